The van der Waals surface area contributed by atoms with Crippen LogP contribution in [-0.2, 0) is 9.59 Å². The van der Waals surface area contributed by atoms with Crippen molar-refractivity contribution in [2.24, 2.45) is 0 Å². The van der Waals surface area contributed by atoms with Gasteiger partial charge in [0.25, 0.3) is 0 Å². The molecule has 0 rings (SSSR count). The van der Waals surface area contributed by atoms with Gasteiger partial charge >= 0.3 is 5.97 Å². The number of likely N-dealkylation sites (N-methyl/N-ethyl adjacent to an activating group) is 2. The third-order valence-corrected chi connectivity index (χ3v) is 1.88. The van der Waals surface area contributed by atoms with E-state index in [1.807, 2.05) is 0 Å². The molecule has 0 aromatic heterocycles. The quantitative estimate of drug-likeness (QED) is 0.612. The minimum absolute atomic E-state index is 0.112. The van der Waals surface area contributed by atoms with Crippen LogP contribution in [0.5, 0.6) is 0 Å². The summed E-state index contributed by atoms with van der Waals surface area (Å²) in [6.45, 7) is 1.89. The Hall–Kier alpha value is -1.10. The van der Waals surface area contributed by atoms with Gasteiger partial charge in [0.2, 0.25) is 5.91 Å². The average molecular weight is 188 g/mol. The van der Waals surface area contributed by atoms with Crippen molar-refractivity contribution in [3.05, 3.63) is 0 Å². The van der Waals surface area contributed by atoms with Gasteiger partial charge in [-0.2, -0.15) is 0 Å². The van der Waals surface area contributed by atoms with E-state index in [1.165, 1.54) is 11.9 Å². The predicted octanol–water partition coefficient (Wildman–Crippen LogP) is -0.473. The van der Waals surface area contributed by atoms with Crippen molar-refractivity contribution in [2.75, 3.05) is 20.6 Å². The summed E-state index contributed by atoms with van der Waals surface area (Å²) in [5, 5.41) is 11.2. The number of carbonyl (C=O) groups is 2. The van der Waals surface area contributed by atoms with Gasteiger partial charge in [0.05, 0.1) is 6.54 Å². The summed E-state index contributed by atoms with van der Waals surface area (Å²) >= 11 is 0. The molecule has 0 saturated carbocycles. The van der Waals surface area contributed by atoms with E-state index in [1.54, 1.807) is 14.0 Å². The van der Waals surface area contributed by atoms with Gasteiger partial charge in [0, 0.05) is 7.05 Å². The minimum Gasteiger partial charge on any atom is -0.480 e. The number of nitrogens with zero attached hydrogens (tertiary/aromatic N) is 1. The Balaban J connectivity index is 4.13. The lowest BCUT2D eigenvalue weighted by Gasteiger charge is -2.22. The fourth-order valence-electron chi connectivity index (χ4n) is 1.09. The molecular formula is C8H16N2O3. The zero-order chi connectivity index (χ0) is 10.4. The van der Waals surface area contributed by atoms with Crippen LogP contribution in [0.1, 0.15) is 13.3 Å². The van der Waals surface area contributed by atoms with E-state index in [4.69, 9.17) is 5.11 Å². The number of carboxylic acids is 1. The molecule has 0 aliphatic carbocycles. The molecule has 76 valence electrons. The summed E-state index contributed by atoms with van der Waals surface area (Å²) in [5.41, 5.74) is 0. The van der Waals surface area contributed by atoms with Gasteiger partial charge in [0.15, 0.2) is 0 Å². The van der Waals surface area contributed by atoms with Gasteiger partial charge in [-0.1, -0.05) is 6.92 Å². The van der Waals surface area contributed by atoms with E-state index < -0.39 is 12.0 Å². The van der Waals surface area contributed by atoms with Gasteiger partial charge in [-0.3, -0.25) is 14.5 Å². The van der Waals surface area contributed by atoms with E-state index >= 15 is 0 Å². The highest BCUT2D eigenvalue weighted by Gasteiger charge is 2.21. The second-order valence-electron chi connectivity index (χ2n) is 2.85. The standard InChI is InChI=1S/C8H16N2O3/c1-4-6(8(12)13)10(3)5-7(11)9-2/h6H,4-5H2,1-3H3,(H,9,11)(H,12,13). The van der Waals surface area contributed by atoms with Gasteiger partial charge in [-0.15, -0.1) is 0 Å². The molecule has 0 aromatic carbocycles. The van der Waals surface area contributed by atoms with Crippen LogP contribution in [0.3, 0.4) is 0 Å². The molecule has 1 unspecified atom stereocenters. The lowest BCUT2D eigenvalue weighted by molar-refractivity contribution is -0.143. The fraction of sp³-hybridized carbons (Fsp3) is 0.750. The van der Waals surface area contributed by atoms with Gasteiger partial charge in [-0.25, -0.2) is 0 Å². The molecule has 0 heterocycles. The number of carbonyl (C=O) groups excluding carboxylic acids is 1. The van der Waals surface area contributed by atoms with Crippen molar-refractivity contribution < 1.29 is 14.7 Å². The molecule has 13 heavy (non-hydrogen) atoms. The summed E-state index contributed by atoms with van der Waals surface area (Å²) in [6, 6.07) is -0.586. The number of nitrogens with one attached hydrogen (secondary N) is 1. The molecule has 0 saturated heterocycles. The van der Waals surface area contributed by atoms with Crippen LogP contribution in [0, 0.1) is 0 Å². The highest BCUT2D eigenvalue weighted by molar-refractivity contribution is 5.79. The van der Waals surface area contributed by atoms with Crippen LogP contribution < -0.4 is 5.32 Å². The zero-order valence-electron chi connectivity index (χ0n) is 8.20. The summed E-state index contributed by atoms with van der Waals surface area (Å²) in [6.07, 6.45) is 0.489. The summed E-state index contributed by atoms with van der Waals surface area (Å²) in [7, 11) is 3.15. The molecule has 1 amide bonds. The van der Waals surface area contributed by atoms with E-state index in [0.717, 1.165) is 0 Å². The highest BCUT2D eigenvalue weighted by Crippen LogP contribution is 2.00. The lowest BCUT2D eigenvalue weighted by Crippen LogP contribution is -2.43. The molecule has 0 radical (unpaired) electrons. The topological polar surface area (TPSA) is 69.6 Å². The average Bonchev–Trinajstić information content (AvgIpc) is 2.04. The van der Waals surface area contributed by atoms with E-state index in [2.05, 4.69) is 5.32 Å². The molecular weight excluding hydrogens is 172 g/mol. The Bertz CT molecular complexity index is 194. The van der Waals surface area contributed by atoms with Crippen LogP contribution in [0.15, 0.2) is 0 Å². The third-order valence-electron chi connectivity index (χ3n) is 1.88. The molecule has 1 atom stereocenters. The van der Waals surface area contributed by atoms with Crippen molar-refractivity contribution in [2.45, 2.75) is 19.4 Å². The molecule has 0 aliphatic rings. The van der Waals surface area contributed by atoms with Crippen molar-refractivity contribution in [1.82, 2.24) is 10.2 Å². The first-order chi connectivity index (χ1) is 6.02. The third kappa shape index (κ3) is 3.89. The summed E-state index contributed by atoms with van der Waals surface area (Å²) < 4.78 is 0. The second kappa shape index (κ2) is 5.53. The molecule has 5 nitrogen and oxygen atoms in total. The van der Waals surface area contributed by atoms with Crippen LogP contribution >= 0.6 is 0 Å². The van der Waals surface area contributed by atoms with Crippen molar-refractivity contribution >= 4 is 11.9 Å². The van der Waals surface area contributed by atoms with Crippen molar-refractivity contribution in [3.8, 4) is 0 Å². The molecule has 0 bridgehead atoms. The van der Waals surface area contributed by atoms with Crippen molar-refractivity contribution in [1.29, 1.82) is 0 Å². The Morgan fingerprint density at radius 1 is 1.54 bits per heavy atom. The van der Waals surface area contributed by atoms with E-state index in [0.29, 0.717) is 6.42 Å². The smallest absolute Gasteiger partial charge is 0.320 e. The normalized spacial score (nSPS) is 12.6. The summed E-state index contributed by atoms with van der Waals surface area (Å²) in [4.78, 5) is 23.1. The first-order valence-electron chi connectivity index (χ1n) is 4.16. The van der Waals surface area contributed by atoms with Crippen LogP contribution in [0.25, 0.3) is 0 Å². The molecule has 2 N–H and O–H groups in total. The second-order valence-corrected chi connectivity index (χ2v) is 2.85. The minimum atomic E-state index is -0.895. The first-order valence-corrected chi connectivity index (χ1v) is 4.16. The number of hydrogen-bond acceptors (Lipinski definition) is 3. The molecule has 0 aliphatic heterocycles. The van der Waals surface area contributed by atoms with Crippen LogP contribution in [0.4, 0.5) is 0 Å². The number of rotatable bonds is 5. The van der Waals surface area contributed by atoms with Crippen LogP contribution in [0.2, 0.25) is 0 Å². The Morgan fingerprint density at radius 3 is 2.38 bits per heavy atom. The van der Waals surface area contributed by atoms with Crippen molar-refractivity contribution in [3.63, 3.8) is 0 Å². The molecule has 0 aromatic rings. The molecule has 5 heteroatoms. The molecule has 0 spiro atoms. The Kier molecular flexibility index (Phi) is 5.06. The SMILES string of the molecule is CCC(C(=O)O)N(C)CC(=O)NC. The number of aliphatic carboxylic acids is 1. The Labute approximate surface area is 77.7 Å². The maximum Gasteiger partial charge on any atom is 0.320 e. The van der Waals surface area contributed by atoms with Gasteiger partial charge < -0.3 is 10.4 Å². The summed E-state index contributed by atoms with van der Waals surface area (Å²) in [5.74, 6) is -1.07. The van der Waals surface area contributed by atoms with E-state index in [9.17, 15) is 9.59 Å². The maximum atomic E-state index is 10.9. The predicted molar refractivity (Wildman–Crippen MR) is 48.4 cm³/mol. The highest BCUT2D eigenvalue weighted by atomic mass is 16.4. The Morgan fingerprint density at radius 2 is 2.08 bits per heavy atom. The lowest BCUT2D eigenvalue weighted by atomic mass is 10.2. The van der Waals surface area contributed by atoms with E-state index in [-0.39, 0.29) is 12.5 Å². The fourth-order valence-corrected chi connectivity index (χ4v) is 1.09. The van der Waals surface area contributed by atoms with Crippen LogP contribution in [-0.4, -0.2) is 48.6 Å². The maximum absolute atomic E-state index is 10.9. The molecule has 0 fully saturated rings. The number of amides is 1. The first kappa shape index (κ1) is 11.9. The number of hydrogen-bond donors (Lipinski definition) is 2. The largest absolute Gasteiger partial charge is 0.480 e. The monoisotopic (exact) mass is 188 g/mol. The van der Waals surface area contributed by atoms with Gasteiger partial charge in [0.1, 0.15) is 6.04 Å². The van der Waals surface area contributed by atoms with Gasteiger partial charge in [-0.05, 0) is 13.5 Å². The zero-order valence-corrected chi connectivity index (χ0v) is 8.20. The number of carboxylic acid groups (broad SMARTS) is 1.